The van der Waals surface area contributed by atoms with E-state index >= 15 is 0 Å². The molecule has 3 N–H and O–H groups in total. The molecule has 94 valence electrons. The van der Waals surface area contributed by atoms with Crippen LogP contribution in [0.5, 0.6) is 0 Å². The van der Waals surface area contributed by atoms with E-state index in [1.54, 1.807) is 19.2 Å². The van der Waals surface area contributed by atoms with Crippen LogP contribution in [0.15, 0.2) is 36.5 Å². The number of aliphatic hydroxyl groups excluding tert-OH is 1. The number of aliphatic hydroxyl groups is 1. The van der Waals surface area contributed by atoms with Crippen LogP contribution in [0.4, 0.5) is 10.5 Å². The number of pyridine rings is 1. The summed E-state index contributed by atoms with van der Waals surface area (Å²) in [5.74, 6) is 0. The second-order valence-electron chi connectivity index (χ2n) is 4.06. The molecular formula is C13H15N3O2. The van der Waals surface area contributed by atoms with Gasteiger partial charge in [-0.1, -0.05) is 18.2 Å². The first-order chi connectivity index (χ1) is 8.70. The Morgan fingerprint density at radius 3 is 2.94 bits per heavy atom. The number of aromatic nitrogens is 1. The van der Waals surface area contributed by atoms with Gasteiger partial charge in [-0.15, -0.1) is 0 Å². The number of amides is 2. The highest BCUT2D eigenvalue weighted by atomic mass is 16.3. The summed E-state index contributed by atoms with van der Waals surface area (Å²) in [7, 11) is 0. The van der Waals surface area contributed by atoms with Crippen molar-refractivity contribution < 1.29 is 9.90 Å². The van der Waals surface area contributed by atoms with Crippen molar-refractivity contribution in [1.82, 2.24) is 10.3 Å². The van der Waals surface area contributed by atoms with Crippen LogP contribution in [0.1, 0.15) is 6.92 Å². The summed E-state index contributed by atoms with van der Waals surface area (Å²) in [4.78, 5) is 15.9. The third-order valence-corrected chi connectivity index (χ3v) is 2.53. The second kappa shape index (κ2) is 5.46. The van der Waals surface area contributed by atoms with Gasteiger partial charge in [0.25, 0.3) is 0 Å². The quantitative estimate of drug-likeness (QED) is 0.771. The molecule has 1 heterocycles. The van der Waals surface area contributed by atoms with E-state index in [2.05, 4.69) is 15.6 Å². The summed E-state index contributed by atoms with van der Waals surface area (Å²) in [6.45, 7) is 1.63. The van der Waals surface area contributed by atoms with Gasteiger partial charge in [0.2, 0.25) is 0 Å². The van der Waals surface area contributed by atoms with E-state index in [0.717, 1.165) is 10.9 Å². The highest BCUT2D eigenvalue weighted by molar-refractivity contribution is 5.99. The summed E-state index contributed by atoms with van der Waals surface area (Å²) in [5, 5.41) is 15.2. The number of para-hydroxylation sites is 1. The van der Waals surface area contributed by atoms with E-state index in [1.165, 1.54) is 0 Å². The fourth-order valence-electron chi connectivity index (χ4n) is 1.63. The molecule has 0 aliphatic carbocycles. The molecule has 2 amide bonds. The van der Waals surface area contributed by atoms with Crippen LogP contribution in [-0.2, 0) is 0 Å². The number of carbonyl (C=O) groups excluding carboxylic acids is 1. The summed E-state index contributed by atoms with van der Waals surface area (Å²) < 4.78 is 0. The van der Waals surface area contributed by atoms with Crippen LogP contribution >= 0.6 is 0 Å². The molecule has 5 heteroatoms. The highest BCUT2D eigenvalue weighted by Crippen LogP contribution is 2.20. The number of hydrogen-bond acceptors (Lipinski definition) is 3. The maximum absolute atomic E-state index is 11.7. The average molecular weight is 245 g/mol. The van der Waals surface area contributed by atoms with Crippen molar-refractivity contribution in [1.29, 1.82) is 0 Å². The van der Waals surface area contributed by atoms with Crippen molar-refractivity contribution in [2.45, 2.75) is 13.0 Å². The molecule has 18 heavy (non-hydrogen) atoms. The molecule has 2 aromatic rings. The first-order valence-electron chi connectivity index (χ1n) is 5.73. The molecule has 1 aromatic carbocycles. The predicted molar refractivity (Wildman–Crippen MR) is 70.4 cm³/mol. The Labute approximate surface area is 105 Å². The molecule has 0 spiro atoms. The zero-order chi connectivity index (χ0) is 13.0. The van der Waals surface area contributed by atoms with Crippen molar-refractivity contribution in [2.24, 2.45) is 0 Å². The van der Waals surface area contributed by atoms with E-state index in [1.807, 2.05) is 24.3 Å². The van der Waals surface area contributed by atoms with E-state index < -0.39 is 0 Å². The SMILES string of the molecule is C[C@H](CO)NC(=O)Nc1cccc2cccnc12. The summed E-state index contributed by atoms with van der Waals surface area (Å²) in [6.07, 6.45) is 1.68. The van der Waals surface area contributed by atoms with Crippen LogP contribution < -0.4 is 10.6 Å². The first kappa shape index (κ1) is 12.3. The lowest BCUT2D eigenvalue weighted by molar-refractivity contribution is 0.229. The van der Waals surface area contributed by atoms with Crippen LogP contribution in [0.3, 0.4) is 0 Å². The lowest BCUT2D eigenvalue weighted by Crippen LogP contribution is -2.38. The van der Waals surface area contributed by atoms with Gasteiger partial charge in [-0.3, -0.25) is 4.98 Å². The van der Waals surface area contributed by atoms with Crippen LogP contribution in [0, 0.1) is 0 Å². The van der Waals surface area contributed by atoms with E-state index in [9.17, 15) is 4.79 Å². The molecule has 0 bridgehead atoms. The second-order valence-corrected chi connectivity index (χ2v) is 4.06. The Morgan fingerprint density at radius 1 is 1.39 bits per heavy atom. The standard InChI is InChI=1S/C13H15N3O2/c1-9(8-17)15-13(18)16-11-6-2-4-10-5-3-7-14-12(10)11/h2-7,9,17H,8H2,1H3,(H2,15,16,18)/t9-/m1/s1. The number of carbonyl (C=O) groups is 1. The molecule has 0 radical (unpaired) electrons. The molecule has 0 unspecified atom stereocenters. The van der Waals surface area contributed by atoms with Gasteiger partial charge >= 0.3 is 6.03 Å². The van der Waals surface area contributed by atoms with Crippen molar-refractivity contribution in [2.75, 3.05) is 11.9 Å². The number of rotatable bonds is 3. The molecule has 0 saturated heterocycles. The first-order valence-corrected chi connectivity index (χ1v) is 5.73. The lowest BCUT2D eigenvalue weighted by Gasteiger charge is -2.12. The van der Waals surface area contributed by atoms with Crippen molar-refractivity contribution in [3.05, 3.63) is 36.5 Å². The molecule has 5 nitrogen and oxygen atoms in total. The molecule has 0 saturated carbocycles. The van der Waals surface area contributed by atoms with Crippen LogP contribution in [0.2, 0.25) is 0 Å². The van der Waals surface area contributed by atoms with Gasteiger partial charge < -0.3 is 15.7 Å². The molecule has 0 aliphatic heterocycles. The predicted octanol–water partition coefficient (Wildman–Crippen LogP) is 1.74. The van der Waals surface area contributed by atoms with Crippen LogP contribution in [0.25, 0.3) is 10.9 Å². The van der Waals surface area contributed by atoms with E-state index in [0.29, 0.717) is 5.69 Å². The Balaban J connectivity index is 2.19. The van der Waals surface area contributed by atoms with Crippen molar-refractivity contribution in [3.63, 3.8) is 0 Å². The van der Waals surface area contributed by atoms with E-state index in [4.69, 9.17) is 5.11 Å². The van der Waals surface area contributed by atoms with Gasteiger partial charge in [-0.2, -0.15) is 0 Å². The summed E-state index contributed by atoms with van der Waals surface area (Å²) in [5.41, 5.74) is 1.39. The normalized spacial score (nSPS) is 12.1. The number of benzene rings is 1. The average Bonchev–Trinajstić information content (AvgIpc) is 2.39. The largest absolute Gasteiger partial charge is 0.394 e. The van der Waals surface area contributed by atoms with Gasteiger partial charge in [0.1, 0.15) is 0 Å². The lowest BCUT2D eigenvalue weighted by atomic mass is 10.2. The zero-order valence-electron chi connectivity index (χ0n) is 10.1. The van der Waals surface area contributed by atoms with Gasteiger partial charge in [-0.05, 0) is 19.1 Å². The fraction of sp³-hybridized carbons (Fsp3) is 0.231. The Kier molecular flexibility index (Phi) is 3.74. The highest BCUT2D eigenvalue weighted by Gasteiger charge is 2.08. The molecule has 2 rings (SSSR count). The number of anilines is 1. The van der Waals surface area contributed by atoms with Gasteiger partial charge in [0.15, 0.2) is 0 Å². The minimum atomic E-state index is -0.352. The number of nitrogens with zero attached hydrogens (tertiary/aromatic N) is 1. The Hall–Kier alpha value is -2.14. The van der Waals surface area contributed by atoms with Gasteiger partial charge in [-0.25, -0.2) is 4.79 Å². The molecule has 0 aliphatic rings. The van der Waals surface area contributed by atoms with E-state index in [-0.39, 0.29) is 18.7 Å². The van der Waals surface area contributed by atoms with Gasteiger partial charge in [0, 0.05) is 11.6 Å². The molecule has 1 aromatic heterocycles. The van der Waals surface area contributed by atoms with Crippen LogP contribution in [-0.4, -0.2) is 28.8 Å². The number of urea groups is 1. The fourth-order valence-corrected chi connectivity index (χ4v) is 1.63. The van der Waals surface area contributed by atoms with Crippen molar-refractivity contribution >= 4 is 22.6 Å². The molecule has 1 atom stereocenters. The van der Waals surface area contributed by atoms with Crippen molar-refractivity contribution in [3.8, 4) is 0 Å². The number of hydrogen-bond donors (Lipinski definition) is 3. The zero-order valence-corrected chi connectivity index (χ0v) is 10.1. The smallest absolute Gasteiger partial charge is 0.319 e. The molecule has 0 fully saturated rings. The summed E-state index contributed by atoms with van der Waals surface area (Å²) in [6, 6.07) is 8.72. The summed E-state index contributed by atoms with van der Waals surface area (Å²) >= 11 is 0. The third-order valence-electron chi connectivity index (χ3n) is 2.53. The Morgan fingerprint density at radius 2 is 2.17 bits per heavy atom. The minimum Gasteiger partial charge on any atom is -0.394 e. The van der Waals surface area contributed by atoms with Gasteiger partial charge in [0.05, 0.1) is 23.9 Å². The topological polar surface area (TPSA) is 74.2 Å². The third kappa shape index (κ3) is 2.75. The minimum absolute atomic E-state index is 0.0960. The number of fused-ring (bicyclic) bond motifs is 1. The monoisotopic (exact) mass is 245 g/mol. The maximum Gasteiger partial charge on any atom is 0.319 e. The Bertz CT molecular complexity index is 551. The number of nitrogens with one attached hydrogen (secondary N) is 2. The molecular weight excluding hydrogens is 230 g/mol. The maximum atomic E-state index is 11.7.